The summed E-state index contributed by atoms with van der Waals surface area (Å²) < 4.78 is 17.5. The van der Waals surface area contributed by atoms with Crippen LogP contribution in [0.3, 0.4) is 0 Å². The van der Waals surface area contributed by atoms with Gasteiger partial charge in [-0.25, -0.2) is 0 Å². The van der Waals surface area contributed by atoms with E-state index in [1.165, 1.54) is 154 Å². The highest BCUT2D eigenvalue weighted by Gasteiger charge is 2.59. The molecule has 374 valence electrons. The lowest BCUT2D eigenvalue weighted by molar-refractivity contribution is -0.0641. The molecule has 0 aromatic heterocycles. The highest BCUT2D eigenvalue weighted by Crippen LogP contribution is 2.67. The molecule has 64 heavy (non-hydrogen) atoms. The molecule has 3 saturated carbocycles. The molecule has 2 N–H and O–H groups in total. The fraction of sp³-hybridized carbons (Fsp3) is 0.898. The van der Waals surface area contributed by atoms with E-state index >= 15 is 0 Å². The van der Waals surface area contributed by atoms with Crippen molar-refractivity contribution in [3.05, 3.63) is 36.0 Å². The number of rotatable bonds is 36. The molecule has 5 nitrogen and oxygen atoms in total. The Morgan fingerprint density at radius 3 is 2.02 bits per heavy atom. The van der Waals surface area contributed by atoms with E-state index in [4.69, 9.17) is 19.3 Å². The van der Waals surface area contributed by atoms with Crippen molar-refractivity contribution >= 4 is 0 Å². The van der Waals surface area contributed by atoms with Crippen LogP contribution in [0.1, 0.15) is 235 Å². The van der Waals surface area contributed by atoms with Crippen molar-refractivity contribution < 1.29 is 19.3 Å². The molecule has 0 radical (unpaired) electrons. The molecule has 3 fully saturated rings. The average molecular weight is 897 g/mol. The molecule has 0 aromatic rings. The third-order valence-electron chi connectivity index (χ3n) is 16.6. The zero-order valence-electron chi connectivity index (χ0n) is 43.8. The van der Waals surface area contributed by atoms with Gasteiger partial charge in [0.15, 0.2) is 0 Å². The number of ether oxygens (including phenoxy) is 3. The number of unbranched alkanes of at least 4 members (excludes halogenated alkanes) is 12. The van der Waals surface area contributed by atoms with Gasteiger partial charge in [0.25, 0.3) is 0 Å². The molecule has 8 atom stereocenters. The maximum atomic E-state index is 8.79. The first kappa shape index (κ1) is 57.3. The van der Waals surface area contributed by atoms with Crippen LogP contribution in [0.4, 0.5) is 0 Å². The molecule has 0 unspecified atom stereocenters. The number of aliphatic hydroxyl groups is 1. The van der Waals surface area contributed by atoms with Crippen molar-refractivity contribution in [1.29, 1.82) is 0 Å². The molecule has 4 aliphatic carbocycles. The van der Waals surface area contributed by atoms with E-state index in [0.29, 0.717) is 23.5 Å². The number of hydrogen-bond donors (Lipinski definition) is 2. The van der Waals surface area contributed by atoms with Crippen LogP contribution in [0, 0.1) is 46.3 Å². The van der Waals surface area contributed by atoms with E-state index in [0.717, 1.165) is 107 Å². The van der Waals surface area contributed by atoms with Crippen LogP contribution in [0.25, 0.3) is 0 Å². The largest absolute Gasteiger partial charge is 0.394 e. The van der Waals surface area contributed by atoms with Gasteiger partial charge in [-0.2, -0.15) is 0 Å². The number of nitrogens with one attached hydrogen (secondary N) is 1. The monoisotopic (exact) mass is 896 g/mol. The molecular formula is C59H109NO4. The van der Waals surface area contributed by atoms with Gasteiger partial charge in [-0.1, -0.05) is 149 Å². The summed E-state index contributed by atoms with van der Waals surface area (Å²) in [5, 5.41) is 12.2. The molecule has 0 heterocycles. The van der Waals surface area contributed by atoms with Gasteiger partial charge in [0.1, 0.15) is 0 Å². The first-order valence-electron chi connectivity index (χ1n) is 28.3. The van der Waals surface area contributed by atoms with Gasteiger partial charge in [-0.05, 0) is 181 Å². The lowest BCUT2D eigenvalue weighted by atomic mass is 9.47. The predicted molar refractivity (Wildman–Crippen MR) is 277 cm³/mol. The first-order chi connectivity index (χ1) is 31.2. The van der Waals surface area contributed by atoms with Crippen LogP contribution >= 0.6 is 0 Å². The second-order valence-corrected chi connectivity index (χ2v) is 22.1. The van der Waals surface area contributed by atoms with Gasteiger partial charge >= 0.3 is 0 Å². The summed E-state index contributed by atoms with van der Waals surface area (Å²) in [6.45, 7) is 23.6. The second-order valence-electron chi connectivity index (χ2n) is 22.1. The molecule has 4 aliphatic rings. The smallest absolute Gasteiger partial charge is 0.0697 e. The van der Waals surface area contributed by atoms with Gasteiger partial charge in [0.05, 0.1) is 19.3 Å². The zero-order valence-corrected chi connectivity index (χ0v) is 43.8. The Morgan fingerprint density at radius 2 is 1.30 bits per heavy atom. The summed E-state index contributed by atoms with van der Waals surface area (Å²) in [6.07, 6.45) is 50.5. The number of hydrogen-bond acceptors (Lipinski definition) is 5. The normalized spacial score (nSPS) is 27.1. The predicted octanol–water partition coefficient (Wildman–Crippen LogP) is 16.2. The quantitative estimate of drug-likeness (QED) is 0.0485. The summed E-state index contributed by atoms with van der Waals surface area (Å²) in [4.78, 5) is 0. The minimum absolute atomic E-state index is 0.124. The van der Waals surface area contributed by atoms with E-state index < -0.39 is 0 Å². The van der Waals surface area contributed by atoms with E-state index in [2.05, 4.69) is 84.2 Å². The fourth-order valence-corrected chi connectivity index (χ4v) is 12.7. The van der Waals surface area contributed by atoms with Gasteiger partial charge in [0.2, 0.25) is 0 Å². The Bertz CT molecular complexity index is 1210. The van der Waals surface area contributed by atoms with Crippen LogP contribution in [0.2, 0.25) is 0 Å². The lowest BCUT2D eigenvalue weighted by Gasteiger charge is -2.58. The Morgan fingerprint density at radius 1 is 0.656 bits per heavy atom. The van der Waals surface area contributed by atoms with Gasteiger partial charge < -0.3 is 24.6 Å². The average Bonchev–Trinajstić information content (AvgIpc) is 3.65. The lowest BCUT2D eigenvalue weighted by Crippen LogP contribution is -2.51. The van der Waals surface area contributed by atoms with Crippen LogP contribution < -0.4 is 5.32 Å². The number of allylic oxidation sites excluding steroid dienone is 5. The summed E-state index contributed by atoms with van der Waals surface area (Å²) in [6, 6.07) is 0. The van der Waals surface area contributed by atoms with E-state index in [1.807, 2.05) is 0 Å². The van der Waals surface area contributed by atoms with Crippen molar-refractivity contribution in [3.8, 4) is 0 Å². The van der Waals surface area contributed by atoms with Crippen molar-refractivity contribution in [2.75, 3.05) is 52.7 Å². The van der Waals surface area contributed by atoms with Gasteiger partial charge in [-0.3, -0.25) is 0 Å². The molecule has 0 saturated heterocycles. The molecule has 0 spiro atoms. The summed E-state index contributed by atoms with van der Waals surface area (Å²) in [5.41, 5.74) is 2.76. The van der Waals surface area contributed by atoms with Crippen LogP contribution in [0.15, 0.2) is 36.0 Å². The molecule has 0 aromatic carbocycles. The Labute approximate surface area is 399 Å². The Kier molecular flexibility index (Phi) is 31.5. The first-order valence-corrected chi connectivity index (χ1v) is 28.3. The van der Waals surface area contributed by atoms with E-state index in [1.54, 1.807) is 5.57 Å². The Balaban J connectivity index is 0.000000360. The minimum Gasteiger partial charge on any atom is -0.394 e. The van der Waals surface area contributed by atoms with Crippen LogP contribution in [0.5, 0.6) is 0 Å². The third-order valence-corrected chi connectivity index (χ3v) is 16.6. The summed E-state index contributed by atoms with van der Waals surface area (Å²) in [5.74, 6) is 5.48. The van der Waals surface area contributed by atoms with E-state index in [-0.39, 0.29) is 6.61 Å². The van der Waals surface area contributed by atoms with Crippen LogP contribution in [-0.4, -0.2) is 63.9 Å². The zero-order chi connectivity index (χ0) is 46.1. The topological polar surface area (TPSA) is 60.0 Å². The van der Waals surface area contributed by atoms with Crippen molar-refractivity contribution in [2.24, 2.45) is 46.3 Å². The summed E-state index contributed by atoms with van der Waals surface area (Å²) >= 11 is 0. The van der Waals surface area contributed by atoms with Crippen molar-refractivity contribution in [2.45, 2.75) is 241 Å². The van der Waals surface area contributed by atoms with Crippen LogP contribution in [-0.2, 0) is 14.2 Å². The fourth-order valence-electron chi connectivity index (χ4n) is 12.7. The number of aliphatic hydroxyl groups excluding tert-OH is 1. The Hall–Kier alpha value is -0.980. The molecule has 5 heteroatoms. The standard InChI is InChI=1S/C34H60O3.C25H49NO/c1-25(2)10-9-11-26(3)30-14-15-31-29-13-12-27-24-28(37-22-8-6-7-21-36-23-20-35)16-18-33(27,4)32(29)17-19-34(30,31)5;1-3-5-7-8-9-10-11-12-13-14-15-16-17-18-19-20-24-27-25-21-23-26-22-6-4-2/h12,25-26,28-32,35H,6-11,13-24H2,1-5H3;9-10,12-13,26H,3-8,11,14-25H2,1-2H3/b;10-9-,13-12-/t26-,28+,29+,30-,31+,32+,33+,34-;/m1./s1. The number of fused-ring (bicyclic) bond motifs is 5. The highest BCUT2D eigenvalue weighted by molar-refractivity contribution is 5.25. The highest BCUT2D eigenvalue weighted by atomic mass is 16.5. The third kappa shape index (κ3) is 21.5. The van der Waals surface area contributed by atoms with E-state index in [9.17, 15) is 0 Å². The maximum absolute atomic E-state index is 8.79. The minimum atomic E-state index is 0.124. The molecule has 0 bridgehead atoms. The molecular weight excluding hydrogens is 787 g/mol. The van der Waals surface area contributed by atoms with Crippen molar-refractivity contribution in [1.82, 2.24) is 5.32 Å². The molecule has 0 amide bonds. The molecule has 4 rings (SSSR count). The summed E-state index contributed by atoms with van der Waals surface area (Å²) in [7, 11) is 0. The SMILES string of the molecule is CC(C)CCC[C@@H](C)[C@H]1CC[C@H]2[C@@H]3CC=C4C[C@@H](OCCCCCOCCO)CC[C@]4(C)[C@H]3CC[C@]12C.CCCCC/C=C\C/C=C\CCCCCCCCOCCCNCCCC. The maximum Gasteiger partial charge on any atom is 0.0697 e. The van der Waals surface area contributed by atoms with Gasteiger partial charge in [-0.15, -0.1) is 0 Å². The molecule has 0 aliphatic heterocycles. The van der Waals surface area contributed by atoms with Gasteiger partial charge in [0, 0.05) is 26.4 Å². The van der Waals surface area contributed by atoms with Crippen molar-refractivity contribution in [3.63, 3.8) is 0 Å². The second kappa shape index (κ2) is 35.2.